The van der Waals surface area contributed by atoms with Crippen LogP contribution in [0.3, 0.4) is 0 Å². The van der Waals surface area contributed by atoms with Crippen molar-refractivity contribution in [2.45, 2.75) is 82.2 Å². The number of thioether (sulfide) groups is 1. The monoisotopic (exact) mass is 545 g/mol. The molecule has 2 fully saturated rings. The molecule has 0 aliphatic carbocycles. The molecule has 2 unspecified atom stereocenters. The van der Waals surface area contributed by atoms with Gasteiger partial charge in [0.25, 0.3) is 0 Å². The van der Waals surface area contributed by atoms with Gasteiger partial charge in [-0.25, -0.2) is 4.98 Å². The Hall–Kier alpha value is -0.851. The second-order valence-corrected chi connectivity index (χ2v) is 25.2. The number of aromatic nitrogens is 3. The van der Waals surface area contributed by atoms with Crippen molar-refractivity contribution in [3.63, 3.8) is 0 Å². The van der Waals surface area contributed by atoms with E-state index in [0.717, 1.165) is 66.8 Å². The van der Waals surface area contributed by atoms with Crippen molar-refractivity contribution in [2.24, 2.45) is 0 Å². The molecular formula is C25H44BN5O2SSi2. The van der Waals surface area contributed by atoms with Crippen molar-refractivity contribution in [2.75, 3.05) is 43.1 Å². The van der Waals surface area contributed by atoms with Crippen LogP contribution < -0.4 is 4.90 Å². The van der Waals surface area contributed by atoms with E-state index in [9.17, 15) is 0 Å². The minimum atomic E-state index is -1.16. The van der Waals surface area contributed by atoms with Gasteiger partial charge in [0.15, 0.2) is 13.6 Å². The highest BCUT2D eigenvalue weighted by Gasteiger charge is 2.37. The molecule has 2 aliphatic heterocycles. The first-order valence-corrected chi connectivity index (χ1v) is 21.9. The summed E-state index contributed by atoms with van der Waals surface area (Å²) in [7, 11) is 4.11. The van der Waals surface area contributed by atoms with Crippen LogP contribution in [0, 0.1) is 0 Å². The standard InChI is InChI=1S/C25H44BN5O2SSi2/c1-35(2,3)11-9-32-18-29(19-33-10-12-36(4,5)6)25-15-23(28-24-7-8-27-31(24)25)20-13-21-16-34-17-22(14-20)30(21)26/h7-8,15,20-22H,9-14,16-19H2,1-6H3. The molecule has 11 heteroatoms. The first-order valence-electron chi connectivity index (χ1n) is 13.4. The quantitative estimate of drug-likeness (QED) is 0.214. The van der Waals surface area contributed by atoms with Gasteiger partial charge in [-0.15, -0.1) is 0 Å². The zero-order valence-electron chi connectivity index (χ0n) is 23.1. The molecular weight excluding hydrogens is 501 g/mol. The van der Waals surface area contributed by atoms with Gasteiger partial charge in [-0.2, -0.15) is 21.4 Å². The Morgan fingerprint density at radius 2 is 1.58 bits per heavy atom. The minimum Gasteiger partial charge on any atom is -0.361 e. The maximum atomic E-state index is 6.42. The highest BCUT2D eigenvalue weighted by Crippen LogP contribution is 2.39. The van der Waals surface area contributed by atoms with Crippen LogP contribution in [0.1, 0.15) is 24.5 Å². The Morgan fingerprint density at radius 1 is 1.00 bits per heavy atom. The average molecular weight is 546 g/mol. The number of hydrogen-bond acceptors (Lipinski definition) is 7. The Labute approximate surface area is 225 Å². The van der Waals surface area contributed by atoms with Crippen LogP contribution >= 0.6 is 11.8 Å². The smallest absolute Gasteiger partial charge is 0.183 e. The predicted molar refractivity (Wildman–Crippen MR) is 158 cm³/mol. The molecule has 2 saturated heterocycles. The second kappa shape index (κ2) is 11.9. The molecule has 0 N–H and O–H groups in total. The Morgan fingerprint density at radius 3 is 2.14 bits per heavy atom. The van der Waals surface area contributed by atoms with E-state index in [1.54, 1.807) is 0 Å². The van der Waals surface area contributed by atoms with E-state index in [0.29, 0.717) is 31.5 Å². The summed E-state index contributed by atoms with van der Waals surface area (Å²) in [4.78, 5) is 9.35. The van der Waals surface area contributed by atoms with Crippen molar-refractivity contribution in [1.29, 1.82) is 0 Å². The van der Waals surface area contributed by atoms with Crippen molar-refractivity contribution in [3.05, 3.63) is 24.0 Å². The molecule has 4 heterocycles. The van der Waals surface area contributed by atoms with Gasteiger partial charge in [-0.1, -0.05) is 39.3 Å². The van der Waals surface area contributed by atoms with E-state index in [1.165, 1.54) is 0 Å². The van der Waals surface area contributed by atoms with Crippen LogP contribution in [0.25, 0.3) is 5.65 Å². The molecule has 2 aromatic heterocycles. The molecule has 36 heavy (non-hydrogen) atoms. The van der Waals surface area contributed by atoms with E-state index in [1.807, 2.05) is 28.5 Å². The first kappa shape index (κ1) is 28.2. The third-order valence-corrected chi connectivity index (χ3v) is 11.8. The van der Waals surface area contributed by atoms with Crippen LogP contribution in [0.5, 0.6) is 0 Å². The molecule has 0 aromatic carbocycles. The van der Waals surface area contributed by atoms with Gasteiger partial charge in [-0.05, 0) is 24.9 Å². The first-order chi connectivity index (χ1) is 17.0. The van der Waals surface area contributed by atoms with Gasteiger partial charge in [0.2, 0.25) is 0 Å². The SMILES string of the molecule is [B]N1C2CSCC1CC(c1cc(N(COCC[Si](C)(C)C)COCC[Si](C)(C)C)n3nccc3n1)C2. The van der Waals surface area contributed by atoms with E-state index < -0.39 is 16.1 Å². The molecule has 0 amide bonds. The van der Waals surface area contributed by atoms with Crippen molar-refractivity contribution >= 4 is 47.4 Å². The lowest BCUT2D eigenvalue weighted by atomic mass is 9.82. The molecule has 198 valence electrons. The Balaban J connectivity index is 1.55. The number of hydrogen-bond donors (Lipinski definition) is 0. The summed E-state index contributed by atoms with van der Waals surface area (Å²) < 4.78 is 14.4. The third-order valence-electron chi connectivity index (χ3n) is 7.17. The fourth-order valence-corrected chi connectivity index (χ4v) is 7.62. The summed E-state index contributed by atoms with van der Waals surface area (Å²) in [6, 6.07) is 7.36. The molecule has 2 bridgehead atoms. The molecule has 2 atom stereocenters. The maximum absolute atomic E-state index is 6.42. The van der Waals surface area contributed by atoms with Gasteiger partial charge < -0.3 is 19.2 Å². The number of anilines is 1. The third kappa shape index (κ3) is 7.60. The van der Waals surface area contributed by atoms with Crippen LogP contribution in [0.2, 0.25) is 51.4 Å². The maximum Gasteiger partial charge on any atom is 0.183 e. The van der Waals surface area contributed by atoms with Crippen molar-refractivity contribution in [1.82, 2.24) is 19.4 Å². The Bertz CT molecular complexity index is 963. The van der Waals surface area contributed by atoms with Crippen LogP contribution in [-0.2, 0) is 9.47 Å². The zero-order chi connectivity index (χ0) is 25.9. The summed E-state index contributed by atoms with van der Waals surface area (Å²) in [5.41, 5.74) is 2.02. The van der Waals surface area contributed by atoms with E-state index >= 15 is 0 Å². The minimum absolute atomic E-state index is 0.404. The normalized spacial score (nSPS) is 23.3. The van der Waals surface area contributed by atoms with Crippen LogP contribution in [-0.4, -0.2) is 93.8 Å². The van der Waals surface area contributed by atoms with E-state index in [2.05, 4.69) is 60.2 Å². The van der Waals surface area contributed by atoms with Crippen LogP contribution in [0.15, 0.2) is 18.3 Å². The van der Waals surface area contributed by atoms with Crippen molar-refractivity contribution in [3.8, 4) is 0 Å². The summed E-state index contributed by atoms with van der Waals surface area (Å²) in [6.07, 6.45) is 3.94. The second-order valence-electron chi connectivity index (χ2n) is 12.8. The summed E-state index contributed by atoms with van der Waals surface area (Å²) in [5, 5.41) is 4.61. The van der Waals surface area contributed by atoms with Gasteiger partial charge in [0, 0.05) is 76.7 Å². The fraction of sp³-hybridized carbons (Fsp3) is 0.760. The van der Waals surface area contributed by atoms with Gasteiger partial charge in [0.05, 0.1) is 6.20 Å². The molecule has 2 radical (unpaired) electrons. The molecule has 7 nitrogen and oxygen atoms in total. The van der Waals surface area contributed by atoms with E-state index in [-0.39, 0.29) is 0 Å². The topological polar surface area (TPSA) is 55.1 Å². The van der Waals surface area contributed by atoms with E-state index in [4.69, 9.17) is 22.4 Å². The molecule has 2 aliphatic rings. The lowest BCUT2D eigenvalue weighted by Crippen LogP contribution is -2.52. The van der Waals surface area contributed by atoms with Crippen molar-refractivity contribution < 1.29 is 9.47 Å². The lowest BCUT2D eigenvalue weighted by molar-refractivity contribution is 0.0942. The van der Waals surface area contributed by atoms with Gasteiger partial charge in [0.1, 0.15) is 19.3 Å². The Kier molecular flexibility index (Phi) is 9.31. The zero-order valence-corrected chi connectivity index (χ0v) is 25.9. The number of ether oxygens (including phenoxy) is 2. The summed E-state index contributed by atoms with van der Waals surface area (Å²) in [5.74, 6) is 3.61. The number of rotatable bonds is 12. The largest absolute Gasteiger partial charge is 0.361 e. The fourth-order valence-electron chi connectivity index (χ4n) is 4.81. The molecule has 4 rings (SSSR count). The van der Waals surface area contributed by atoms with Gasteiger partial charge in [-0.3, -0.25) is 0 Å². The molecule has 0 spiro atoms. The summed E-state index contributed by atoms with van der Waals surface area (Å²) >= 11 is 2.03. The lowest BCUT2D eigenvalue weighted by Gasteiger charge is -2.47. The predicted octanol–water partition coefficient (Wildman–Crippen LogP) is 4.91. The number of nitrogens with zero attached hydrogens (tertiary/aromatic N) is 5. The van der Waals surface area contributed by atoms with Crippen LogP contribution in [0.4, 0.5) is 5.82 Å². The molecule has 2 aromatic rings. The number of piperidine rings is 1. The average Bonchev–Trinajstić information content (AvgIpc) is 3.25. The highest BCUT2D eigenvalue weighted by atomic mass is 32.2. The van der Waals surface area contributed by atoms with Gasteiger partial charge >= 0.3 is 0 Å². The molecule has 0 saturated carbocycles. The number of fused-ring (bicyclic) bond motifs is 3. The summed E-state index contributed by atoms with van der Waals surface area (Å²) in [6.45, 7) is 16.8. The highest BCUT2D eigenvalue weighted by molar-refractivity contribution is 7.99.